The molecule has 2 aromatic rings. The number of carbonyl (C=O) groups is 3. The van der Waals surface area contributed by atoms with E-state index in [9.17, 15) is 14.4 Å². The molecule has 0 atom stereocenters. The third-order valence-corrected chi connectivity index (χ3v) is 1.33. The summed E-state index contributed by atoms with van der Waals surface area (Å²) in [6, 6.07) is 24.0. The first-order valence-electron chi connectivity index (χ1n) is 10.8. The van der Waals surface area contributed by atoms with E-state index in [1.54, 1.807) is 14.2 Å². The lowest BCUT2D eigenvalue weighted by atomic mass is 10.4. The van der Waals surface area contributed by atoms with Crippen molar-refractivity contribution < 1.29 is 19.1 Å². The molecule has 0 aliphatic carbocycles. The Morgan fingerprint density at radius 2 is 0.500 bits per heavy atom. The number of hydrogen-bond donors (Lipinski definition) is 0. The third-order valence-electron chi connectivity index (χ3n) is 1.33. The monoisotopic (exact) mass is 450 g/mol. The molecule has 0 fully saturated rings. The Labute approximate surface area is 199 Å². The van der Waals surface area contributed by atoms with Crippen LogP contribution >= 0.6 is 0 Å². The number of hydrogen-bond acceptors (Lipinski definition) is 4. The number of methoxy groups -OCH3 is 1. The molecule has 2 rings (SSSR count). The van der Waals surface area contributed by atoms with Gasteiger partial charge in [-0.05, 0) is 41.5 Å². The van der Waals surface area contributed by atoms with Crippen LogP contribution in [0.15, 0.2) is 72.8 Å². The maximum atomic E-state index is 9.44. The summed E-state index contributed by atoms with van der Waals surface area (Å²) in [5, 5.41) is 0. The topological polar surface area (TPSA) is 60.4 Å². The van der Waals surface area contributed by atoms with Gasteiger partial charge in [-0.15, -0.1) is 0 Å². The summed E-state index contributed by atoms with van der Waals surface area (Å²) in [6.07, 6.45) is 1.25. The smallest absolute Gasteiger partial charge is 0.126 e. The normalized spacial score (nSPS) is 6.75. The summed E-state index contributed by atoms with van der Waals surface area (Å²) in [5.41, 5.74) is 0. The van der Waals surface area contributed by atoms with E-state index in [-0.39, 0.29) is 17.3 Å². The quantitative estimate of drug-likeness (QED) is 0.410. The SMILES string of the molecule is CC.CC(C)=O.CC(C)=O.CC(C)=O.CCC.COC.c1ccccc1.c1ccccc1. The Bertz CT molecular complexity index is 410. The predicted molar refractivity (Wildman–Crippen MR) is 142 cm³/mol. The zero-order valence-corrected chi connectivity index (χ0v) is 22.8. The van der Waals surface area contributed by atoms with E-state index in [4.69, 9.17) is 0 Å². The fraction of sp³-hybridized carbons (Fsp3) is 0.464. The van der Waals surface area contributed by atoms with Crippen LogP contribution in [0, 0.1) is 0 Å². The van der Waals surface area contributed by atoms with Gasteiger partial charge in [-0.2, -0.15) is 0 Å². The molecule has 0 saturated carbocycles. The standard InChI is InChI=1S/2C6H6.3C3H6O.C3H8.C2H6O.C2H6/c2*1-2-4-6-5-3-1;3*1-3(2)4;2*1-3-2;1-2/h2*1-6H;3*1-2H3;3H2,1-2H3;1-2H3;1-2H3. The summed E-state index contributed by atoms with van der Waals surface area (Å²) < 4.78 is 4.25. The van der Waals surface area contributed by atoms with Crippen molar-refractivity contribution in [2.75, 3.05) is 14.2 Å². The second-order valence-electron chi connectivity index (χ2n) is 6.15. The molecule has 0 N–H and O–H groups in total. The summed E-state index contributed by atoms with van der Waals surface area (Å²) in [7, 11) is 3.25. The number of benzene rings is 2. The Balaban J connectivity index is -0.0000000620. The average Bonchev–Trinajstić information content (AvgIpc) is 2.73. The highest BCUT2D eigenvalue weighted by atomic mass is 16.4. The molecular weight excluding hydrogens is 400 g/mol. The summed E-state index contributed by atoms with van der Waals surface area (Å²) >= 11 is 0. The second-order valence-corrected chi connectivity index (χ2v) is 6.15. The first-order chi connectivity index (χ1) is 15.0. The number of Topliss-reactive ketones (excluding diaryl/α,β-unsaturated/α-hetero) is 3. The number of ketones is 3. The van der Waals surface area contributed by atoms with Crippen molar-refractivity contribution in [3.8, 4) is 0 Å². The molecule has 0 aliphatic heterocycles. The fourth-order valence-electron chi connectivity index (χ4n) is 0.770. The lowest BCUT2D eigenvalue weighted by Gasteiger charge is -1.69. The summed E-state index contributed by atoms with van der Waals surface area (Å²) in [5.74, 6) is 0.500. The van der Waals surface area contributed by atoms with Crippen molar-refractivity contribution in [3.63, 3.8) is 0 Å². The molecule has 0 amide bonds. The summed E-state index contributed by atoms with van der Waals surface area (Å²) in [6.45, 7) is 17.4. The molecule has 4 nitrogen and oxygen atoms in total. The number of rotatable bonds is 0. The third kappa shape index (κ3) is 216. The number of ether oxygens (including phenoxy) is 1. The van der Waals surface area contributed by atoms with E-state index in [1.807, 2.05) is 86.6 Å². The average molecular weight is 451 g/mol. The van der Waals surface area contributed by atoms with Crippen LogP contribution in [0.3, 0.4) is 0 Å². The van der Waals surface area contributed by atoms with E-state index in [1.165, 1.54) is 48.0 Å². The van der Waals surface area contributed by atoms with Crippen LogP contribution in [0.1, 0.15) is 75.7 Å². The van der Waals surface area contributed by atoms with Gasteiger partial charge >= 0.3 is 0 Å². The van der Waals surface area contributed by atoms with Crippen molar-refractivity contribution in [2.45, 2.75) is 75.7 Å². The van der Waals surface area contributed by atoms with Crippen molar-refractivity contribution in [3.05, 3.63) is 72.8 Å². The molecule has 2 aromatic carbocycles. The molecule has 0 unspecified atom stereocenters. The van der Waals surface area contributed by atoms with Crippen LogP contribution in [-0.2, 0) is 19.1 Å². The van der Waals surface area contributed by atoms with Crippen molar-refractivity contribution in [2.24, 2.45) is 0 Å². The van der Waals surface area contributed by atoms with E-state index in [0.717, 1.165) is 0 Å². The van der Waals surface area contributed by atoms with Crippen molar-refractivity contribution >= 4 is 17.3 Å². The summed E-state index contributed by atoms with van der Waals surface area (Å²) in [4.78, 5) is 28.3. The van der Waals surface area contributed by atoms with Gasteiger partial charge in [0.1, 0.15) is 17.3 Å². The van der Waals surface area contributed by atoms with Gasteiger partial charge in [-0.25, -0.2) is 0 Å². The Kier molecular flexibility index (Phi) is 69.4. The first-order valence-corrected chi connectivity index (χ1v) is 10.8. The largest absolute Gasteiger partial charge is 0.388 e. The van der Waals surface area contributed by atoms with Gasteiger partial charge in [0.15, 0.2) is 0 Å². The molecular formula is C28H50O4. The van der Waals surface area contributed by atoms with Gasteiger partial charge in [-0.1, -0.05) is 107 Å². The fourth-order valence-corrected chi connectivity index (χ4v) is 0.770. The minimum absolute atomic E-state index is 0.167. The maximum absolute atomic E-state index is 9.44. The minimum Gasteiger partial charge on any atom is -0.388 e. The van der Waals surface area contributed by atoms with Crippen LogP contribution in [0.5, 0.6) is 0 Å². The second kappa shape index (κ2) is 51.2. The van der Waals surface area contributed by atoms with Gasteiger partial charge in [0, 0.05) is 14.2 Å². The molecule has 0 radical (unpaired) electrons. The molecule has 0 aromatic heterocycles. The molecule has 0 aliphatic rings. The van der Waals surface area contributed by atoms with Crippen molar-refractivity contribution in [1.29, 1.82) is 0 Å². The van der Waals surface area contributed by atoms with E-state index in [2.05, 4.69) is 18.6 Å². The van der Waals surface area contributed by atoms with Crippen LogP contribution in [0.4, 0.5) is 0 Å². The molecule has 4 heteroatoms. The highest BCUT2D eigenvalue weighted by Crippen LogP contribution is 1.80. The van der Waals surface area contributed by atoms with E-state index < -0.39 is 0 Å². The zero-order valence-electron chi connectivity index (χ0n) is 22.8. The Morgan fingerprint density at radius 1 is 0.469 bits per heavy atom. The zero-order chi connectivity index (χ0) is 26.6. The van der Waals surface area contributed by atoms with Crippen LogP contribution in [0.25, 0.3) is 0 Å². The Morgan fingerprint density at radius 3 is 0.531 bits per heavy atom. The highest BCUT2D eigenvalue weighted by molar-refractivity contribution is 5.72. The van der Waals surface area contributed by atoms with Gasteiger partial charge in [0.05, 0.1) is 0 Å². The van der Waals surface area contributed by atoms with Gasteiger partial charge < -0.3 is 19.1 Å². The molecule has 0 heterocycles. The molecule has 0 bridgehead atoms. The van der Waals surface area contributed by atoms with Crippen LogP contribution in [0.2, 0.25) is 0 Å². The van der Waals surface area contributed by atoms with E-state index >= 15 is 0 Å². The van der Waals surface area contributed by atoms with E-state index in [0.29, 0.717) is 0 Å². The van der Waals surface area contributed by atoms with Crippen LogP contribution in [-0.4, -0.2) is 31.6 Å². The van der Waals surface area contributed by atoms with Crippen LogP contribution < -0.4 is 0 Å². The molecule has 186 valence electrons. The Hall–Kier alpha value is -2.59. The predicted octanol–water partition coefficient (Wildman–Crippen LogP) is 7.86. The lowest BCUT2D eigenvalue weighted by Crippen LogP contribution is -1.69. The van der Waals surface area contributed by atoms with Gasteiger partial charge in [0.2, 0.25) is 0 Å². The van der Waals surface area contributed by atoms with Gasteiger partial charge in [0.25, 0.3) is 0 Å². The number of carbonyl (C=O) groups excluding carboxylic acids is 3. The highest BCUT2D eigenvalue weighted by Gasteiger charge is 1.63. The molecule has 0 spiro atoms. The molecule has 0 saturated heterocycles. The lowest BCUT2D eigenvalue weighted by molar-refractivity contribution is -0.115. The first kappa shape index (κ1) is 43.3. The van der Waals surface area contributed by atoms with Gasteiger partial charge in [-0.3, -0.25) is 0 Å². The minimum atomic E-state index is 0.167. The molecule has 32 heavy (non-hydrogen) atoms. The van der Waals surface area contributed by atoms with Crippen molar-refractivity contribution in [1.82, 2.24) is 0 Å². The maximum Gasteiger partial charge on any atom is 0.126 e.